The number of halogens is 2. The van der Waals surface area contributed by atoms with Crippen LogP contribution < -0.4 is 16.6 Å². The first kappa shape index (κ1) is 18.1. The van der Waals surface area contributed by atoms with Crippen molar-refractivity contribution < 1.29 is 9.18 Å². The predicted octanol–water partition coefficient (Wildman–Crippen LogP) is 1.36. The molecule has 2 aromatic heterocycles. The molecule has 2 heterocycles. The van der Waals surface area contributed by atoms with E-state index in [0.717, 1.165) is 4.57 Å². The second-order valence-electron chi connectivity index (χ2n) is 5.74. The molecule has 1 N–H and O–H groups in total. The Bertz CT molecular complexity index is 1130. The Morgan fingerprint density at radius 1 is 1.27 bits per heavy atom. The number of fused-ring (bicyclic) bond motifs is 1. The van der Waals surface area contributed by atoms with Gasteiger partial charge in [0.25, 0.3) is 5.56 Å². The molecule has 0 saturated carbocycles. The van der Waals surface area contributed by atoms with Gasteiger partial charge in [-0.25, -0.2) is 14.2 Å². The zero-order chi connectivity index (χ0) is 19.0. The highest BCUT2D eigenvalue weighted by Gasteiger charge is 2.15. The van der Waals surface area contributed by atoms with Crippen LogP contribution in [-0.4, -0.2) is 24.6 Å². The second-order valence-corrected chi connectivity index (χ2v) is 6.65. The van der Waals surface area contributed by atoms with E-state index in [1.807, 2.05) is 0 Å². The average molecular weight is 424 g/mol. The normalized spacial score (nSPS) is 11.1. The maximum Gasteiger partial charge on any atom is 0.332 e. The van der Waals surface area contributed by atoms with E-state index in [2.05, 4.69) is 26.2 Å². The average Bonchev–Trinajstić information content (AvgIpc) is 3.03. The molecule has 0 aliphatic carbocycles. The predicted molar refractivity (Wildman–Crippen MR) is 97.6 cm³/mol. The molecule has 0 saturated heterocycles. The van der Waals surface area contributed by atoms with Gasteiger partial charge in [-0.15, -0.1) is 0 Å². The number of nitrogens with zero attached hydrogens (tertiary/aromatic N) is 4. The molecule has 0 aliphatic rings. The van der Waals surface area contributed by atoms with Crippen LogP contribution in [0.1, 0.15) is 6.42 Å². The van der Waals surface area contributed by atoms with E-state index in [0.29, 0.717) is 4.47 Å². The number of imidazole rings is 1. The largest absolute Gasteiger partial charge is 0.332 e. The third-order valence-electron chi connectivity index (χ3n) is 4.00. The van der Waals surface area contributed by atoms with Crippen LogP contribution in [0.3, 0.4) is 0 Å². The summed E-state index contributed by atoms with van der Waals surface area (Å²) in [6.07, 6.45) is 1.41. The molecule has 1 aromatic carbocycles. The summed E-state index contributed by atoms with van der Waals surface area (Å²) in [6, 6.07) is 4.32. The summed E-state index contributed by atoms with van der Waals surface area (Å²) in [6.45, 7) is 0.161. The molecule has 0 atom stereocenters. The molecule has 10 heteroatoms. The van der Waals surface area contributed by atoms with E-state index in [4.69, 9.17) is 0 Å². The maximum atomic E-state index is 13.8. The summed E-state index contributed by atoms with van der Waals surface area (Å²) in [5.41, 5.74) is -0.405. The van der Waals surface area contributed by atoms with Crippen LogP contribution >= 0.6 is 15.9 Å². The molecule has 3 aromatic rings. The van der Waals surface area contributed by atoms with Gasteiger partial charge in [-0.3, -0.25) is 18.7 Å². The SMILES string of the molecule is Cn1c(=O)c2c(ncn2CCC(=O)Nc2ccc(Br)cc2F)n(C)c1=O. The van der Waals surface area contributed by atoms with Crippen molar-refractivity contribution in [3.63, 3.8) is 0 Å². The summed E-state index contributed by atoms with van der Waals surface area (Å²) < 4.78 is 18.1. The number of aryl methyl sites for hydroxylation is 2. The van der Waals surface area contributed by atoms with Crippen molar-refractivity contribution in [3.8, 4) is 0 Å². The monoisotopic (exact) mass is 423 g/mol. The number of aromatic nitrogens is 4. The van der Waals surface area contributed by atoms with Crippen molar-refractivity contribution in [2.75, 3.05) is 5.32 Å². The number of anilines is 1. The van der Waals surface area contributed by atoms with Gasteiger partial charge in [0.2, 0.25) is 5.91 Å². The van der Waals surface area contributed by atoms with Gasteiger partial charge in [0, 0.05) is 31.5 Å². The summed E-state index contributed by atoms with van der Waals surface area (Å²) >= 11 is 3.15. The molecule has 1 amide bonds. The maximum absolute atomic E-state index is 13.8. The van der Waals surface area contributed by atoms with Crippen LogP contribution in [0.15, 0.2) is 38.6 Å². The van der Waals surface area contributed by atoms with Gasteiger partial charge in [0.05, 0.1) is 12.0 Å². The molecule has 8 nitrogen and oxygen atoms in total. The van der Waals surface area contributed by atoms with Crippen LogP contribution in [0.4, 0.5) is 10.1 Å². The van der Waals surface area contributed by atoms with Gasteiger partial charge in [-0.1, -0.05) is 15.9 Å². The molecular weight excluding hydrogens is 409 g/mol. The van der Waals surface area contributed by atoms with Crippen molar-refractivity contribution in [2.45, 2.75) is 13.0 Å². The van der Waals surface area contributed by atoms with Crippen LogP contribution in [0, 0.1) is 5.82 Å². The first-order chi connectivity index (χ1) is 12.3. The Hall–Kier alpha value is -2.75. The van der Waals surface area contributed by atoms with Gasteiger partial charge in [0.1, 0.15) is 5.82 Å². The van der Waals surface area contributed by atoms with Crippen molar-refractivity contribution in [3.05, 3.63) is 55.7 Å². The zero-order valence-electron chi connectivity index (χ0n) is 14.0. The molecule has 0 unspecified atom stereocenters. The van der Waals surface area contributed by atoms with Crippen LogP contribution in [0.25, 0.3) is 11.2 Å². The van der Waals surface area contributed by atoms with Crippen molar-refractivity contribution in [1.29, 1.82) is 0 Å². The number of benzene rings is 1. The fourth-order valence-corrected chi connectivity index (χ4v) is 2.93. The quantitative estimate of drug-likeness (QED) is 0.685. The number of amides is 1. The number of nitrogens with one attached hydrogen (secondary N) is 1. The van der Waals surface area contributed by atoms with Crippen LogP contribution in [-0.2, 0) is 25.4 Å². The second kappa shape index (κ2) is 6.87. The molecule has 3 rings (SSSR count). The van der Waals surface area contributed by atoms with Gasteiger partial charge >= 0.3 is 5.69 Å². The number of carbonyl (C=O) groups is 1. The molecule has 0 spiro atoms. The number of hydrogen-bond acceptors (Lipinski definition) is 4. The lowest BCUT2D eigenvalue weighted by Crippen LogP contribution is -2.37. The molecule has 0 fully saturated rings. The smallest absolute Gasteiger partial charge is 0.324 e. The third kappa shape index (κ3) is 3.19. The molecular formula is C16H15BrFN5O3. The Morgan fingerprint density at radius 2 is 2.00 bits per heavy atom. The highest BCUT2D eigenvalue weighted by Crippen LogP contribution is 2.19. The fraction of sp³-hybridized carbons (Fsp3) is 0.250. The van der Waals surface area contributed by atoms with E-state index in [9.17, 15) is 18.8 Å². The van der Waals surface area contributed by atoms with Gasteiger partial charge in [-0.2, -0.15) is 0 Å². The van der Waals surface area contributed by atoms with E-state index in [1.165, 1.54) is 41.7 Å². The van der Waals surface area contributed by atoms with Gasteiger partial charge in [-0.05, 0) is 18.2 Å². The minimum Gasteiger partial charge on any atom is -0.324 e. The van der Waals surface area contributed by atoms with E-state index in [-0.39, 0.29) is 29.8 Å². The summed E-state index contributed by atoms with van der Waals surface area (Å²) in [5.74, 6) is -0.959. The zero-order valence-corrected chi connectivity index (χ0v) is 15.6. The topological polar surface area (TPSA) is 90.9 Å². The van der Waals surface area contributed by atoms with Gasteiger partial charge in [0.15, 0.2) is 11.2 Å². The van der Waals surface area contributed by atoms with E-state index < -0.39 is 23.0 Å². The Balaban J connectivity index is 1.81. The van der Waals surface area contributed by atoms with Crippen molar-refractivity contribution in [2.24, 2.45) is 14.1 Å². The lowest BCUT2D eigenvalue weighted by Gasteiger charge is -2.08. The van der Waals surface area contributed by atoms with Crippen molar-refractivity contribution in [1.82, 2.24) is 18.7 Å². The lowest BCUT2D eigenvalue weighted by molar-refractivity contribution is -0.116. The van der Waals surface area contributed by atoms with E-state index in [1.54, 1.807) is 6.07 Å². The number of rotatable bonds is 4. The fourth-order valence-electron chi connectivity index (χ4n) is 2.59. The number of carbonyl (C=O) groups excluding carboxylic acids is 1. The van der Waals surface area contributed by atoms with Gasteiger partial charge < -0.3 is 9.88 Å². The summed E-state index contributed by atoms with van der Waals surface area (Å²) in [7, 11) is 2.90. The minimum absolute atomic E-state index is 0.00690. The minimum atomic E-state index is -0.551. The van der Waals surface area contributed by atoms with Crippen LogP contribution in [0.5, 0.6) is 0 Å². The lowest BCUT2D eigenvalue weighted by atomic mass is 10.3. The summed E-state index contributed by atoms with van der Waals surface area (Å²) in [4.78, 5) is 40.4. The highest BCUT2D eigenvalue weighted by atomic mass is 79.9. The first-order valence-corrected chi connectivity index (χ1v) is 8.44. The van der Waals surface area contributed by atoms with Crippen molar-refractivity contribution >= 4 is 38.7 Å². The Labute approximate surface area is 155 Å². The van der Waals surface area contributed by atoms with E-state index >= 15 is 0 Å². The standard InChI is InChI=1S/C16H15BrFN5O3/c1-21-14-13(15(25)22(2)16(21)26)23(8-19-14)6-5-12(24)20-11-4-3-9(17)7-10(11)18/h3-4,7-8H,5-6H2,1-2H3,(H,20,24). The molecule has 0 aliphatic heterocycles. The first-order valence-electron chi connectivity index (χ1n) is 7.65. The van der Waals surface area contributed by atoms with Crippen LogP contribution in [0.2, 0.25) is 0 Å². The highest BCUT2D eigenvalue weighted by molar-refractivity contribution is 9.10. The Kier molecular flexibility index (Phi) is 4.77. The third-order valence-corrected chi connectivity index (χ3v) is 4.50. The molecule has 0 bridgehead atoms. The molecule has 136 valence electrons. The molecule has 0 radical (unpaired) electrons. The molecule has 26 heavy (non-hydrogen) atoms. The summed E-state index contributed by atoms with van der Waals surface area (Å²) in [5, 5.41) is 2.49. The Morgan fingerprint density at radius 3 is 2.69 bits per heavy atom. The number of hydrogen-bond donors (Lipinski definition) is 1.